The highest BCUT2D eigenvalue weighted by molar-refractivity contribution is 5.76. The number of ether oxygens (including phenoxy) is 1. The highest BCUT2D eigenvalue weighted by atomic mass is 16.5. The summed E-state index contributed by atoms with van der Waals surface area (Å²) in [5.74, 6) is -0.0474. The Bertz CT molecular complexity index is 1310. The van der Waals surface area contributed by atoms with Crippen molar-refractivity contribution in [3.63, 3.8) is 0 Å². The third-order valence-electron chi connectivity index (χ3n) is 17.2. The van der Waals surface area contributed by atoms with Gasteiger partial charge in [0.25, 0.3) is 0 Å². The normalized spacial score (nSPS) is 12.7. The molecule has 0 heterocycles. The molecule has 0 aromatic carbocycles. The number of hydrogen-bond acceptors (Lipinski definition) is 5. The summed E-state index contributed by atoms with van der Waals surface area (Å²) in [6.45, 7) is 4.94. The van der Waals surface area contributed by atoms with Crippen LogP contribution in [0.1, 0.15) is 406 Å². The summed E-state index contributed by atoms with van der Waals surface area (Å²) < 4.78 is 5.50. The highest BCUT2D eigenvalue weighted by Crippen LogP contribution is 2.19. The van der Waals surface area contributed by atoms with Crippen LogP contribution in [0.25, 0.3) is 0 Å². The van der Waals surface area contributed by atoms with Crippen LogP contribution in [0, 0.1) is 0 Å². The molecule has 0 aliphatic carbocycles. The molecule has 0 radical (unpaired) electrons. The van der Waals surface area contributed by atoms with Gasteiger partial charge in [-0.3, -0.25) is 9.59 Å². The van der Waals surface area contributed by atoms with Crippen LogP contribution in [0.3, 0.4) is 0 Å². The van der Waals surface area contributed by atoms with Crippen molar-refractivity contribution in [3.8, 4) is 0 Å². The second-order valence-corrected chi connectivity index (χ2v) is 25.3. The van der Waals surface area contributed by atoms with Crippen LogP contribution < -0.4 is 5.32 Å². The van der Waals surface area contributed by atoms with Crippen LogP contribution in [0.2, 0.25) is 0 Å². The summed E-state index contributed by atoms with van der Waals surface area (Å²) in [7, 11) is 0. The number of carbonyl (C=O) groups excluding carboxylic acids is 2. The van der Waals surface area contributed by atoms with Crippen molar-refractivity contribution in [3.05, 3.63) is 36.5 Å². The van der Waals surface area contributed by atoms with Crippen molar-refractivity contribution >= 4 is 11.9 Å². The van der Waals surface area contributed by atoms with Gasteiger partial charge in [-0.05, 0) is 64.2 Å². The molecule has 81 heavy (non-hydrogen) atoms. The summed E-state index contributed by atoms with van der Waals surface area (Å²) in [5.41, 5.74) is 0. The van der Waals surface area contributed by atoms with Gasteiger partial charge in [-0.15, -0.1) is 0 Å². The lowest BCUT2D eigenvalue weighted by Crippen LogP contribution is -2.45. The van der Waals surface area contributed by atoms with Gasteiger partial charge >= 0.3 is 5.97 Å². The van der Waals surface area contributed by atoms with E-state index in [2.05, 4.69) is 43.5 Å². The molecule has 0 rings (SSSR count). The van der Waals surface area contributed by atoms with Crippen LogP contribution in [0.4, 0.5) is 0 Å². The SMILES string of the molecule is CCCCCCCCCCCCCCCC/C=C/C(O)C(CO)NC(=O)CCCCCCCCCCCCCCCCC/C=C\C/C=C\CCCCCCCCCCCOC(=O)CCCCCCCCCCCCCCCCCCC. The predicted octanol–water partition coefficient (Wildman–Crippen LogP) is 23.9. The number of unbranched alkanes of at least 4 members (excludes halogenated alkanes) is 54. The Hall–Kier alpha value is -1.92. The summed E-state index contributed by atoms with van der Waals surface area (Å²) in [4.78, 5) is 24.6. The van der Waals surface area contributed by atoms with Crippen molar-refractivity contribution in [1.29, 1.82) is 0 Å². The fourth-order valence-electron chi connectivity index (χ4n) is 11.6. The molecular weight excluding hydrogens is 995 g/mol. The fraction of sp³-hybridized carbons (Fsp3) is 0.893. The maximum absolute atomic E-state index is 12.5. The van der Waals surface area contributed by atoms with E-state index in [1.807, 2.05) is 6.08 Å². The molecular formula is C75H143NO5. The lowest BCUT2D eigenvalue weighted by Gasteiger charge is -2.20. The van der Waals surface area contributed by atoms with E-state index in [-0.39, 0.29) is 18.5 Å². The van der Waals surface area contributed by atoms with Crippen LogP contribution in [0.15, 0.2) is 36.5 Å². The Balaban J connectivity index is 3.39. The first kappa shape index (κ1) is 79.1. The minimum atomic E-state index is -0.844. The number of hydrogen-bond donors (Lipinski definition) is 3. The number of rotatable bonds is 69. The van der Waals surface area contributed by atoms with Gasteiger partial charge in [0.05, 0.1) is 25.4 Å². The van der Waals surface area contributed by atoms with Gasteiger partial charge in [0.15, 0.2) is 0 Å². The number of amides is 1. The van der Waals surface area contributed by atoms with E-state index in [1.165, 1.54) is 334 Å². The van der Waals surface area contributed by atoms with Crippen molar-refractivity contribution in [2.24, 2.45) is 0 Å². The second kappa shape index (κ2) is 70.6. The first-order valence-corrected chi connectivity index (χ1v) is 36.8. The third-order valence-corrected chi connectivity index (χ3v) is 17.2. The summed E-state index contributed by atoms with van der Waals surface area (Å²) >= 11 is 0. The summed E-state index contributed by atoms with van der Waals surface area (Å²) in [6.07, 6.45) is 90.9. The number of esters is 1. The fourth-order valence-corrected chi connectivity index (χ4v) is 11.6. The van der Waals surface area contributed by atoms with E-state index in [4.69, 9.17) is 4.74 Å². The Morgan fingerprint density at radius 1 is 0.346 bits per heavy atom. The van der Waals surface area contributed by atoms with Gasteiger partial charge in [0.2, 0.25) is 5.91 Å². The molecule has 0 aromatic rings. The third kappa shape index (κ3) is 67.1. The largest absolute Gasteiger partial charge is 0.466 e. The smallest absolute Gasteiger partial charge is 0.305 e. The van der Waals surface area contributed by atoms with E-state index in [9.17, 15) is 19.8 Å². The molecule has 6 heteroatoms. The topological polar surface area (TPSA) is 95.9 Å². The molecule has 0 aromatic heterocycles. The number of carbonyl (C=O) groups is 2. The van der Waals surface area contributed by atoms with Gasteiger partial charge in [-0.25, -0.2) is 0 Å². The Morgan fingerprint density at radius 3 is 0.938 bits per heavy atom. The molecule has 0 aliphatic heterocycles. The van der Waals surface area contributed by atoms with E-state index in [0.29, 0.717) is 19.4 Å². The monoisotopic (exact) mass is 1140 g/mol. The molecule has 478 valence electrons. The van der Waals surface area contributed by atoms with Gasteiger partial charge in [-0.1, -0.05) is 365 Å². The zero-order valence-electron chi connectivity index (χ0n) is 54.8. The van der Waals surface area contributed by atoms with E-state index >= 15 is 0 Å². The number of nitrogens with one attached hydrogen (secondary N) is 1. The van der Waals surface area contributed by atoms with Gasteiger partial charge < -0.3 is 20.3 Å². The minimum absolute atomic E-state index is 0.0174. The Kier molecular flexibility index (Phi) is 68.9. The quantitative estimate of drug-likeness (QED) is 0.0320. The molecule has 0 saturated carbocycles. The van der Waals surface area contributed by atoms with Crippen LogP contribution in [0.5, 0.6) is 0 Å². The van der Waals surface area contributed by atoms with Gasteiger partial charge in [0.1, 0.15) is 0 Å². The highest BCUT2D eigenvalue weighted by Gasteiger charge is 2.18. The first-order valence-electron chi connectivity index (χ1n) is 36.8. The maximum atomic E-state index is 12.5. The Labute approximate surface area is 506 Å². The molecule has 0 saturated heterocycles. The van der Waals surface area contributed by atoms with E-state index < -0.39 is 12.1 Å². The molecule has 2 unspecified atom stereocenters. The van der Waals surface area contributed by atoms with Crippen LogP contribution in [-0.4, -0.2) is 47.4 Å². The molecule has 0 bridgehead atoms. The standard InChI is InChI=1S/C75H143NO5/c1-3-5-7-9-11-13-15-17-19-36-41-45-49-53-57-61-65-69-75(80)81-70-66-62-58-54-50-46-42-38-35-33-31-29-27-25-23-21-22-24-26-28-30-32-34-37-40-44-48-52-56-60-64-68-74(79)76-72(71-77)73(78)67-63-59-55-51-47-43-39-20-18-16-14-12-10-8-6-4-2/h23,25,29,31,63,67,72-73,77-78H,3-22,24,26-28,30,32-62,64-66,68-71H2,1-2H3,(H,76,79)/b25-23-,31-29-,67-63+. The van der Waals surface area contributed by atoms with Crippen molar-refractivity contribution in [1.82, 2.24) is 5.32 Å². The molecule has 0 aliphatic rings. The maximum Gasteiger partial charge on any atom is 0.305 e. The number of allylic oxidation sites excluding steroid dienone is 5. The predicted molar refractivity (Wildman–Crippen MR) is 356 cm³/mol. The average Bonchev–Trinajstić information content (AvgIpc) is 3.47. The number of aliphatic hydroxyl groups is 2. The molecule has 6 nitrogen and oxygen atoms in total. The van der Waals surface area contributed by atoms with Crippen molar-refractivity contribution in [2.75, 3.05) is 13.2 Å². The molecule has 0 spiro atoms. The molecule has 2 atom stereocenters. The zero-order chi connectivity index (χ0) is 58.5. The van der Waals surface area contributed by atoms with Crippen LogP contribution in [-0.2, 0) is 14.3 Å². The molecule has 0 fully saturated rings. The molecule has 1 amide bonds. The number of aliphatic hydroxyl groups excluding tert-OH is 2. The Morgan fingerprint density at radius 2 is 0.617 bits per heavy atom. The lowest BCUT2D eigenvalue weighted by molar-refractivity contribution is -0.143. The minimum Gasteiger partial charge on any atom is -0.466 e. The lowest BCUT2D eigenvalue weighted by atomic mass is 10.0. The van der Waals surface area contributed by atoms with Crippen molar-refractivity contribution < 1.29 is 24.5 Å². The van der Waals surface area contributed by atoms with E-state index in [0.717, 1.165) is 44.9 Å². The summed E-state index contributed by atoms with van der Waals surface area (Å²) in [5, 5.41) is 23.2. The van der Waals surface area contributed by atoms with Crippen molar-refractivity contribution in [2.45, 2.75) is 418 Å². The zero-order valence-corrected chi connectivity index (χ0v) is 54.8. The van der Waals surface area contributed by atoms with Gasteiger partial charge in [0, 0.05) is 12.8 Å². The van der Waals surface area contributed by atoms with Crippen LogP contribution >= 0.6 is 0 Å². The second-order valence-electron chi connectivity index (χ2n) is 25.3. The van der Waals surface area contributed by atoms with Gasteiger partial charge in [-0.2, -0.15) is 0 Å². The van der Waals surface area contributed by atoms with E-state index in [1.54, 1.807) is 6.08 Å². The summed E-state index contributed by atoms with van der Waals surface area (Å²) in [6, 6.07) is -0.628. The molecule has 3 N–H and O–H groups in total. The average molecular weight is 1140 g/mol. The first-order chi connectivity index (χ1) is 40.0.